The zero-order chi connectivity index (χ0) is 22.5. The van der Waals surface area contributed by atoms with Crippen LogP contribution in [0.3, 0.4) is 0 Å². The molecular formula is C20H20ClFN4O4S. The maximum Gasteiger partial charge on any atom is 0.326 e. The number of aryl methyl sites for hydroxylation is 2. The van der Waals surface area contributed by atoms with Gasteiger partial charge in [-0.05, 0) is 49.3 Å². The standard InChI is InChI=1S/C20H20ClFN4O4S/c1-11-9-12(16-15(30-2)6-5-14(21)17(16)22)13(10-23-11)18(28)24-19-25-26(20(29)31-19)7-3-4-8-27/h5-6,9-10,27H,3-4,7-8H2,1-2H3,(H,24,25,28). The Morgan fingerprint density at radius 1 is 1.39 bits per heavy atom. The predicted molar refractivity (Wildman–Crippen MR) is 117 cm³/mol. The highest BCUT2D eigenvalue weighted by molar-refractivity contribution is 7.13. The van der Waals surface area contributed by atoms with E-state index in [0.29, 0.717) is 25.1 Å². The smallest absolute Gasteiger partial charge is 0.326 e. The van der Waals surface area contributed by atoms with Crippen LogP contribution in [-0.4, -0.2) is 39.5 Å². The summed E-state index contributed by atoms with van der Waals surface area (Å²) in [6.07, 6.45) is 2.44. The lowest BCUT2D eigenvalue weighted by atomic mass is 9.98. The van der Waals surface area contributed by atoms with Gasteiger partial charge in [0.1, 0.15) is 5.75 Å². The van der Waals surface area contributed by atoms with E-state index in [2.05, 4.69) is 15.4 Å². The second-order valence-electron chi connectivity index (χ2n) is 6.59. The van der Waals surface area contributed by atoms with Gasteiger partial charge in [0.2, 0.25) is 5.13 Å². The number of anilines is 1. The van der Waals surface area contributed by atoms with E-state index in [1.165, 1.54) is 30.1 Å². The van der Waals surface area contributed by atoms with Gasteiger partial charge in [-0.3, -0.25) is 19.9 Å². The van der Waals surface area contributed by atoms with Crippen molar-refractivity contribution in [2.45, 2.75) is 26.3 Å². The van der Waals surface area contributed by atoms with Crippen LogP contribution in [0.25, 0.3) is 11.1 Å². The zero-order valence-electron chi connectivity index (χ0n) is 16.8. The van der Waals surface area contributed by atoms with Crippen LogP contribution >= 0.6 is 22.9 Å². The van der Waals surface area contributed by atoms with Crippen molar-refractivity contribution in [2.75, 3.05) is 19.0 Å². The fraction of sp³-hybridized carbons (Fsp3) is 0.300. The number of ether oxygens (including phenoxy) is 1. The summed E-state index contributed by atoms with van der Waals surface area (Å²) in [6, 6.07) is 4.44. The third-order valence-electron chi connectivity index (χ3n) is 4.44. The van der Waals surface area contributed by atoms with Crippen LogP contribution in [0.2, 0.25) is 5.02 Å². The van der Waals surface area contributed by atoms with E-state index >= 15 is 0 Å². The van der Waals surface area contributed by atoms with Gasteiger partial charge in [-0.25, -0.2) is 9.07 Å². The summed E-state index contributed by atoms with van der Waals surface area (Å²) in [6.45, 7) is 2.06. The van der Waals surface area contributed by atoms with Gasteiger partial charge < -0.3 is 9.84 Å². The fourth-order valence-corrected chi connectivity index (χ4v) is 3.78. The maximum absolute atomic E-state index is 14.9. The highest BCUT2D eigenvalue weighted by Gasteiger charge is 2.23. The number of nitrogens with zero attached hydrogens (tertiary/aromatic N) is 3. The minimum absolute atomic E-state index is 0.0230. The largest absolute Gasteiger partial charge is 0.496 e. The number of aromatic nitrogens is 3. The molecule has 8 nitrogen and oxygen atoms in total. The van der Waals surface area contributed by atoms with E-state index < -0.39 is 11.7 Å². The second-order valence-corrected chi connectivity index (χ2v) is 7.94. The normalized spacial score (nSPS) is 10.9. The summed E-state index contributed by atoms with van der Waals surface area (Å²) in [4.78, 5) is 28.8. The van der Waals surface area contributed by atoms with Crippen LogP contribution in [0.1, 0.15) is 28.9 Å². The van der Waals surface area contributed by atoms with Gasteiger partial charge in [0.15, 0.2) is 5.82 Å². The van der Waals surface area contributed by atoms with Gasteiger partial charge in [0.05, 0.1) is 23.3 Å². The second kappa shape index (κ2) is 9.99. The summed E-state index contributed by atoms with van der Waals surface area (Å²) >= 11 is 6.73. The molecule has 31 heavy (non-hydrogen) atoms. The SMILES string of the molecule is COc1ccc(Cl)c(F)c1-c1cc(C)ncc1C(=O)Nc1nn(CCCCO)c(=O)s1. The molecule has 0 aliphatic rings. The molecule has 0 saturated heterocycles. The molecule has 3 aromatic rings. The van der Waals surface area contributed by atoms with E-state index in [-0.39, 0.29) is 44.1 Å². The topological polar surface area (TPSA) is 106 Å². The highest BCUT2D eigenvalue weighted by atomic mass is 35.5. The van der Waals surface area contributed by atoms with Gasteiger partial charge in [0.25, 0.3) is 5.91 Å². The number of nitrogens with one attached hydrogen (secondary N) is 1. The maximum atomic E-state index is 14.9. The number of rotatable bonds is 8. The predicted octanol–water partition coefficient (Wildman–Crippen LogP) is 3.50. The van der Waals surface area contributed by atoms with Crippen molar-refractivity contribution in [3.05, 3.63) is 56.2 Å². The Kier molecular flexibility index (Phi) is 7.37. The van der Waals surface area contributed by atoms with Crippen molar-refractivity contribution in [3.8, 4) is 16.9 Å². The Hall–Kier alpha value is -2.82. The number of amides is 1. The third kappa shape index (κ3) is 5.09. The van der Waals surface area contributed by atoms with E-state index in [4.69, 9.17) is 21.4 Å². The lowest BCUT2D eigenvalue weighted by molar-refractivity contribution is 0.102. The Morgan fingerprint density at radius 3 is 2.87 bits per heavy atom. The number of pyridine rings is 1. The number of aliphatic hydroxyl groups excluding tert-OH is 1. The number of benzene rings is 1. The van der Waals surface area contributed by atoms with Crippen LogP contribution in [0, 0.1) is 12.7 Å². The first-order valence-electron chi connectivity index (χ1n) is 9.35. The quantitative estimate of drug-likeness (QED) is 0.492. The molecule has 0 aliphatic carbocycles. The molecule has 0 bridgehead atoms. The highest BCUT2D eigenvalue weighted by Crippen LogP contribution is 2.38. The molecule has 0 unspecified atom stereocenters. The van der Waals surface area contributed by atoms with Crippen LogP contribution in [-0.2, 0) is 6.54 Å². The van der Waals surface area contributed by atoms with E-state index in [1.54, 1.807) is 13.0 Å². The molecule has 3 rings (SSSR count). The molecule has 0 spiro atoms. The van der Waals surface area contributed by atoms with Gasteiger partial charge in [-0.2, -0.15) is 0 Å². The van der Waals surface area contributed by atoms with E-state index in [1.807, 2.05) is 0 Å². The summed E-state index contributed by atoms with van der Waals surface area (Å²) in [7, 11) is 1.39. The van der Waals surface area contributed by atoms with Gasteiger partial charge in [0, 0.05) is 30.6 Å². The van der Waals surface area contributed by atoms with Crippen LogP contribution in [0.15, 0.2) is 29.2 Å². The van der Waals surface area contributed by atoms with Gasteiger partial charge >= 0.3 is 4.87 Å². The average molecular weight is 467 g/mol. The van der Waals surface area contributed by atoms with E-state index in [9.17, 15) is 14.0 Å². The molecule has 0 atom stereocenters. The number of unbranched alkanes of at least 4 members (excludes halogenated alkanes) is 1. The minimum atomic E-state index is -0.724. The van der Waals surface area contributed by atoms with Crippen LogP contribution in [0.5, 0.6) is 5.75 Å². The fourth-order valence-electron chi connectivity index (χ4n) is 2.94. The molecule has 1 aromatic carbocycles. The van der Waals surface area contributed by atoms with Crippen LogP contribution < -0.4 is 14.9 Å². The van der Waals surface area contributed by atoms with Gasteiger partial charge in [-0.15, -0.1) is 5.10 Å². The summed E-state index contributed by atoms with van der Waals surface area (Å²) in [5.41, 5.74) is 0.912. The number of carbonyl (C=O) groups excluding carboxylic acids is 1. The van der Waals surface area contributed by atoms with Crippen molar-refractivity contribution in [1.29, 1.82) is 0 Å². The Bertz CT molecular complexity index is 1160. The first-order valence-corrected chi connectivity index (χ1v) is 10.5. The summed E-state index contributed by atoms with van der Waals surface area (Å²) in [5.74, 6) is -1.13. The number of halogens is 2. The molecule has 164 valence electrons. The Morgan fingerprint density at radius 2 is 2.16 bits per heavy atom. The molecule has 11 heteroatoms. The molecule has 0 saturated carbocycles. The summed E-state index contributed by atoms with van der Waals surface area (Å²) in [5, 5.41) is 15.5. The average Bonchev–Trinajstić information content (AvgIpc) is 3.08. The van der Waals surface area contributed by atoms with Crippen molar-refractivity contribution in [2.24, 2.45) is 0 Å². The number of hydrogen-bond donors (Lipinski definition) is 2. The number of methoxy groups -OCH3 is 1. The minimum Gasteiger partial charge on any atom is -0.496 e. The number of aliphatic hydroxyl groups is 1. The molecule has 0 aliphatic heterocycles. The first-order chi connectivity index (χ1) is 14.8. The molecule has 0 radical (unpaired) electrons. The lowest BCUT2D eigenvalue weighted by Gasteiger charge is -2.14. The van der Waals surface area contributed by atoms with Crippen molar-refractivity contribution >= 4 is 34.0 Å². The van der Waals surface area contributed by atoms with Crippen LogP contribution in [0.4, 0.5) is 9.52 Å². The summed E-state index contributed by atoms with van der Waals surface area (Å²) < 4.78 is 21.4. The first kappa shape index (κ1) is 22.9. The molecule has 2 heterocycles. The Balaban J connectivity index is 1.97. The number of carbonyl (C=O) groups is 1. The van der Waals surface area contributed by atoms with Gasteiger partial charge in [-0.1, -0.05) is 11.6 Å². The zero-order valence-corrected chi connectivity index (χ0v) is 18.4. The Labute approximate surface area is 186 Å². The van der Waals surface area contributed by atoms with Crippen molar-refractivity contribution < 1.29 is 19.0 Å². The monoisotopic (exact) mass is 466 g/mol. The molecule has 2 N–H and O–H groups in total. The van der Waals surface area contributed by atoms with Crippen molar-refractivity contribution in [1.82, 2.24) is 14.8 Å². The number of hydrogen-bond acceptors (Lipinski definition) is 7. The molecule has 0 fully saturated rings. The molecular weight excluding hydrogens is 447 g/mol. The molecule has 2 aromatic heterocycles. The lowest BCUT2D eigenvalue weighted by Crippen LogP contribution is -2.16. The molecule has 1 amide bonds. The third-order valence-corrected chi connectivity index (χ3v) is 5.49. The van der Waals surface area contributed by atoms with Crippen molar-refractivity contribution in [3.63, 3.8) is 0 Å². The van der Waals surface area contributed by atoms with E-state index in [0.717, 1.165) is 11.3 Å².